The Morgan fingerprint density at radius 1 is 1.00 bits per heavy atom. The van der Waals surface area contributed by atoms with Crippen LogP contribution in [0.5, 0.6) is 11.6 Å². The van der Waals surface area contributed by atoms with E-state index in [2.05, 4.69) is 15.0 Å². The van der Waals surface area contributed by atoms with Crippen molar-refractivity contribution in [1.29, 1.82) is 0 Å². The molecular weight excluding hydrogens is 385 g/mol. The second kappa shape index (κ2) is 7.01. The molecule has 29 heavy (non-hydrogen) atoms. The SMILES string of the molecule is Cn1c(=O)cnc2cccc(Oc3cc(-c4ccc(C(F)(F)F)cc4)ncn3)c21. The van der Waals surface area contributed by atoms with Crippen LogP contribution in [0.3, 0.4) is 0 Å². The molecule has 146 valence electrons. The number of alkyl halides is 3. The lowest BCUT2D eigenvalue weighted by atomic mass is 10.1. The molecule has 0 aliphatic carbocycles. The van der Waals surface area contributed by atoms with Crippen molar-refractivity contribution in [3.63, 3.8) is 0 Å². The second-order valence-corrected chi connectivity index (χ2v) is 6.20. The number of aromatic nitrogens is 4. The zero-order valence-corrected chi connectivity index (χ0v) is 15.0. The molecule has 0 spiro atoms. The smallest absolute Gasteiger partial charge is 0.416 e. The first-order chi connectivity index (χ1) is 13.8. The van der Waals surface area contributed by atoms with Crippen molar-refractivity contribution in [3.05, 3.63) is 77.0 Å². The van der Waals surface area contributed by atoms with Crippen LogP contribution < -0.4 is 10.3 Å². The maximum Gasteiger partial charge on any atom is 0.416 e. The molecule has 0 unspecified atom stereocenters. The summed E-state index contributed by atoms with van der Waals surface area (Å²) in [6, 6.07) is 11.3. The summed E-state index contributed by atoms with van der Waals surface area (Å²) in [6.45, 7) is 0. The molecule has 0 atom stereocenters. The topological polar surface area (TPSA) is 69.9 Å². The van der Waals surface area contributed by atoms with E-state index in [1.807, 2.05) is 0 Å². The van der Waals surface area contributed by atoms with Gasteiger partial charge in [0.1, 0.15) is 11.8 Å². The molecule has 0 radical (unpaired) electrons. The largest absolute Gasteiger partial charge is 0.437 e. The lowest BCUT2D eigenvalue weighted by molar-refractivity contribution is -0.137. The molecule has 0 fully saturated rings. The Labute approximate surface area is 162 Å². The van der Waals surface area contributed by atoms with Crippen LogP contribution in [0.15, 0.2) is 65.8 Å². The fourth-order valence-electron chi connectivity index (χ4n) is 2.85. The summed E-state index contributed by atoms with van der Waals surface area (Å²) in [7, 11) is 1.60. The molecular formula is C20H13F3N4O2. The Bertz CT molecular complexity index is 1250. The molecule has 9 heteroatoms. The number of nitrogens with zero attached hydrogens (tertiary/aromatic N) is 4. The highest BCUT2D eigenvalue weighted by Crippen LogP contribution is 2.32. The van der Waals surface area contributed by atoms with Crippen molar-refractivity contribution < 1.29 is 17.9 Å². The molecule has 4 aromatic rings. The summed E-state index contributed by atoms with van der Waals surface area (Å²) in [5.74, 6) is 0.547. The highest BCUT2D eigenvalue weighted by molar-refractivity contribution is 5.81. The predicted octanol–water partition coefficient (Wildman–Crippen LogP) is 4.20. The average Bonchev–Trinajstić information content (AvgIpc) is 2.70. The molecule has 0 saturated heterocycles. The van der Waals surface area contributed by atoms with Gasteiger partial charge >= 0.3 is 6.18 Å². The maximum absolute atomic E-state index is 12.7. The van der Waals surface area contributed by atoms with E-state index in [9.17, 15) is 18.0 Å². The summed E-state index contributed by atoms with van der Waals surface area (Å²) in [4.78, 5) is 24.2. The third kappa shape index (κ3) is 3.66. The van der Waals surface area contributed by atoms with Gasteiger partial charge in [0.2, 0.25) is 5.88 Å². The monoisotopic (exact) mass is 398 g/mol. The minimum atomic E-state index is -4.41. The highest BCUT2D eigenvalue weighted by atomic mass is 19.4. The molecule has 0 saturated carbocycles. The van der Waals surface area contributed by atoms with Crippen molar-refractivity contribution in [2.24, 2.45) is 7.05 Å². The lowest BCUT2D eigenvalue weighted by Crippen LogP contribution is -2.17. The average molecular weight is 398 g/mol. The highest BCUT2D eigenvalue weighted by Gasteiger charge is 2.30. The van der Waals surface area contributed by atoms with Gasteiger partial charge in [0, 0.05) is 18.7 Å². The first kappa shape index (κ1) is 18.6. The van der Waals surface area contributed by atoms with Crippen LogP contribution in [0, 0.1) is 0 Å². The number of ether oxygens (including phenoxy) is 1. The molecule has 4 rings (SSSR count). The Morgan fingerprint density at radius 2 is 1.76 bits per heavy atom. The third-order valence-corrected chi connectivity index (χ3v) is 4.32. The molecule has 0 bridgehead atoms. The van der Waals surface area contributed by atoms with Crippen LogP contribution >= 0.6 is 0 Å². The Balaban J connectivity index is 1.70. The number of para-hydroxylation sites is 1. The summed E-state index contributed by atoms with van der Waals surface area (Å²) in [5.41, 5.74) is 0.919. The van der Waals surface area contributed by atoms with E-state index in [1.54, 1.807) is 25.2 Å². The number of rotatable bonds is 3. The van der Waals surface area contributed by atoms with Gasteiger partial charge in [-0.05, 0) is 24.3 Å². The maximum atomic E-state index is 12.7. The molecule has 2 aromatic carbocycles. The van der Waals surface area contributed by atoms with Crippen LogP contribution in [0.1, 0.15) is 5.56 Å². The van der Waals surface area contributed by atoms with Crippen molar-refractivity contribution >= 4 is 11.0 Å². The van der Waals surface area contributed by atoms with Crippen molar-refractivity contribution in [2.45, 2.75) is 6.18 Å². The molecule has 6 nitrogen and oxygen atoms in total. The van der Waals surface area contributed by atoms with Gasteiger partial charge in [0.05, 0.1) is 23.0 Å². The number of benzene rings is 2. The standard InChI is InChI=1S/C20H13F3N4O2/c1-27-18(28)10-24-14-3-2-4-16(19(14)27)29-17-9-15(25-11-26-17)12-5-7-13(8-6-12)20(21,22)23/h2-11H,1H3. The van der Waals surface area contributed by atoms with E-state index < -0.39 is 11.7 Å². The number of hydrogen-bond acceptors (Lipinski definition) is 5. The van der Waals surface area contributed by atoms with E-state index in [0.717, 1.165) is 12.1 Å². The minimum absolute atomic E-state index is 0.179. The first-order valence-corrected chi connectivity index (χ1v) is 8.45. The summed E-state index contributed by atoms with van der Waals surface area (Å²) in [5, 5.41) is 0. The Kier molecular flexibility index (Phi) is 4.50. The van der Waals surface area contributed by atoms with Crippen molar-refractivity contribution in [3.8, 4) is 22.9 Å². The quantitative estimate of drug-likeness (QED) is 0.517. The van der Waals surface area contributed by atoms with Crippen LogP contribution in [-0.4, -0.2) is 19.5 Å². The van der Waals surface area contributed by atoms with Crippen LogP contribution in [0.25, 0.3) is 22.3 Å². The zero-order valence-electron chi connectivity index (χ0n) is 15.0. The number of fused-ring (bicyclic) bond motifs is 1. The zero-order chi connectivity index (χ0) is 20.6. The van der Waals surface area contributed by atoms with Crippen molar-refractivity contribution in [1.82, 2.24) is 19.5 Å². The van der Waals surface area contributed by atoms with Gasteiger partial charge in [-0.2, -0.15) is 13.2 Å². The van der Waals surface area contributed by atoms with E-state index in [0.29, 0.717) is 28.0 Å². The fraction of sp³-hybridized carbons (Fsp3) is 0.100. The second-order valence-electron chi connectivity index (χ2n) is 6.20. The van der Waals surface area contributed by atoms with Gasteiger partial charge in [0.25, 0.3) is 5.56 Å². The van der Waals surface area contributed by atoms with Gasteiger partial charge in [-0.15, -0.1) is 0 Å². The van der Waals surface area contributed by atoms with E-state index in [-0.39, 0.29) is 11.4 Å². The van der Waals surface area contributed by atoms with E-state index in [1.165, 1.54) is 35.3 Å². The van der Waals surface area contributed by atoms with Crippen LogP contribution in [0.4, 0.5) is 13.2 Å². The molecule has 2 heterocycles. The van der Waals surface area contributed by atoms with Gasteiger partial charge in [-0.3, -0.25) is 4.79 Å². The minimum Gasteiger partial charge on any atom is -0.437 e. The van der Waals surface area contributed by atoms with E-state index >= 15 is 0 Å². The first-order valence-electron chi connectivity index (χ1n) is 8.45. The summed E-state index contributed by atoms with van der Waals surface area (Å²) < 4.78 is 45.5. The predicted molar refractivity (Wildman–Crippen MR) is 99.5 cm³/mol. The third-order valence-electron chi connectivity index (χ3n) is 4.32. The van der Waals surface area contributed by atoms with Gasteiger partial charge < -0.3 is 9.30 Å². The molecule has 0 amide bonds. The van der Waals surface area contributed by atoms with Crippen LogP contribution in [0.2, 0.25) is 0 Å². The van der Waals surface area contributed by atoms with Crippen molar-refractivity contribution in [2.75, 3.05) is 0 Å². The number of aryl methyl sites for hydroxylation is 1. The van der Waals surface area contributed by atoms with Gasteiger partial charge in [0.15, 0.2) is 5.75 Å². The summed E-state index contributed by atoms with van der Waals surface area (Å²) in [6.07, 6.45) is -1.93. The van der Waals surface area contributed by atoms with E-state index in [4.69, 9.17) is 4.74 Å². The molecule has 0 aliphatic rings. The number of hydrogen-bond donors (Lipinski definition) is 0. The number of halogens is 3. The Morgan fingerprint density at radius 3 is 2.48 bits per heavy atom. The van der Waals surface area contributed by atoms with Gasteiger partial charge in [-0.25, -0.2) is 15.0 Å². The van der Waals surface area contributed by atoms with Crippen LogP contribution in [-0.2, 0) is 13.2 Å². The van der Waals surface area contributed by atoms with Gasteiger partial charge in [-0.1, -0.05) is 18.2 Å². The fourth-order valence-corrected chi connectivity index (χ4v) is 2.85. The molecule has 2 aromatic heterocycles. The lowest BCUT2D eigenvalue weighted by Gasteiger charge is -2.11. The normalized spacial score (nSPS) is 11.6. The Hall–Kier alpha value is -3.75. The molecule has 0 N–H and O–H groups in total. The summed E-state index contributed by atoms with van der Waals surface area (Å²) >= 11 is 0. The molecule has 0 aliphatic heterocycles.